The topological polar surface area (TPSA) is 101 Å². The second-order valence-corrected chi connectivity index (χ2v) is 13.0. The van der Waals surface area contributed by atoms with Gasteiger partial charge in [-0.25, -0.2) is 9.69 Å². The highest BCUT2D eigenvalue weighted by Gasteiger charge is 2.61. The highest BCUT2D eigenvalue weighted by molar-refractivity contribution is 6.23. The smallest absolute Gasteiger partial charge is 0.343 e. The SMILES string of the molecule is O=C(Oc1cccc(N2C(=O)[C@@H]3[C@H]4CC[C@@H](C4)[C@@H]3C2=O)c1)c1cccc(N2C(=O)[C@H]3C[C@H](c4ccccc4)CC[C@H]3C2=O)c1. The lowest BCUT2D eigenvalue weighted by Gasteiger charge is -2.28. The Balaban J connectivity index is 0.989. The molecule has 0 N–H and O–H groups in total. The normalized spacial score (nSPS) is 30.6. The number of benzene rings is 3. The highest BCUT2D eigenvalue weighted by Crippen LogP contribution is 2.56. The molecule has 8 nitrogen and oxygen atoms in total. The number of anilines is 2. The van der Waals surface area contributed by atoms with E-state index in [1.54, 1.807) is 42.5 Å². The van der Waals surface area contributed by atoms with Crippen LogP contribution in [0.15, 0.2) is 78.9 Å². The average molecular weight is 589 g/mol. The summed E-state index contributed by atoms with van der Waals surface area (Å²) in [5.74, 6) is -1.64. The Morgan fingerprint density at radius 1 is 0.614 bits per heavy atom. The molecule has 7 atom stereocenters. The summed E-state index contributed by atoms with van der Waals surface area (Å²) in [6.45, 7) is 0. The Hall–Kier alpha value is -4.59. The molecule has 222 valence electrons. The van der Waals surface area contributed by atoms with E-state index in [2.05, 4.69) is 12.1 Å². The molecule has 3 aromatic carbocycles. The maximum atomic E-state index is 13.6. The van der Waals surface area contributed by atoms with E-state index in [1.807, 2.05) is 18.2 Å². The molecule has 3 aliphatic carbocycles. The summed E-state index contributed by atoms with van der Waals surface area (Å²) >= 11 is 0. The van der Waals surface area contributed by atoms with E-state index in [0.717, 1.165) is 25.7 Å². The van der Waals surface area contributed by atoms with Crippen molar-refractivity contribution < 1.29 is 28.7 Å². The molecule has 2 saturated heterocycles. The molecule has 2 bridgehead atoms. The van der Waals surface area contributed by atoms with Crippen LogP contribution in [0.2, 0.25) is 0 Å². The number of hydrogen-bond donors (Lipinski definition) is 0. The van der Waals surface area contributed by atoms with Crippen molar-refractivity contribution in [2.75, 3.05) is 9.80 Å². The molecule has 3 saturated carbocycles. The van der Waals surface area contributed by atoms with Crippen LogP contribution >= 0.6 is 0 Å². The lowest BCUT2D eigenvalue weighted by Crippen LogP contribution is -2.32. The van der Waals surface area contributed by atoms with E-state index in [1.165, 1.54) is 21.4 Å². The van der Waals surface area contributed by atoms with Gasteiger partial charge in [-0.15, -0.1) is 0 Å². The van der Waals surface area contributed by atoms with Gasteiger partial charge in [0.05, 0.1) is 40.6 Å². The maximum Gasteiger partial charge on any atom is 0.343 e. The summed E-state index contributed by atoms with van der Waals surface area (Å²) in [5.41, 5.74) is 2.12. The van der Waals surface area contributed by atoms with Gasteiger partial charge in [-0.05, 0) is 92.2 Å². The lowest BCUT2D eigenvalue weighted by atomic mass is 9.73. The fourth-order valence-electron chi connectivity index (χ4n) is 8.75. The number of hydrogen-bond acceptors (Lipinski definition) is 6. The van der Waals surface area contributed by atoms with Crippen LogP contribution < -0.4 is 14.5 Å². The first-order chi connectivity index (χ1) is 21.4. The Morgan fingerprint density at radius 2 is 1.25 bits per heavy atom. The van der Waals surface area contributed by atoms with Gasteiger partial charge in [0.25, 0.3) is 0 Å². The van der Waals surface area contributed by atoms with Gasteiger partial charge in [-0.1, -0.05) is 42.5 Å². The lowest BCUT2D eigenvalue weighted by molar-refractivity contribution is -0.124. The van der Waals surface area contributed by atoms with E-state index < -0.39 is 5.97 Å². The van der Waals surface area contributed by atoms with E-state index in [9.17, 15) is 24.0 Å². The summed E-state index contributed by atoms with van der Waals surface area (Å²) in [6, 6.07) is 23.0. The number of esters is 1. The second kappa shape index (κ2) is 10.3. The van der Waals surface area contributed by atoms with Crippen molar-refractivity contribution in [3.05, 3.63) is 90.0 Å². The fraction of sp³-hybridized carbons (Fsp3) is 0.361. The molecular weight excluding hydrogens is 556 g/mol. The van der Waals surface area contributed by atoms with Crippen LogP contribution in [0.1, 0.15) is 60.4 Å². The van der Waals surface area contributed by atoms with Crippen molar-refractivity contribution in [3.8, 4) is 5.75 Å². The number of nitrogens with zero attached hydrogens (tertiary/aromatic N) is 2. The summed E-state index contributed by atoms with van der Waals surface area (Å²) in [4.78, 5) is 69.3. The highest BCUT2D eigenvalue weighted by atomic mass is 16.5. The standard InChI is InChI=1S/C36H32N2O6/c39-32-28-15-14-21(20-6-2-1-3-7-20)18-29(28)33(40)37(32)25-9-4-8-24(17-25)36(43)44-27-11-5-10-26(19-27)38-34(41)30-22-12-13-23(16-22)31(30)35(38)42/h1-11,17,19,21-23,28-31H,12-16,18H2/t21-,22+,23+,28-,29+,30-,31+/m1/s1. The van der Waals surface area contributed by atoms with Gasteiger partial charge in [-0.2, -0.15) is 0 Å². The molecule has 5 fully saturated rings. The third-order valence-corrected chi connectivity index (χ3v) is 10.8. The molecule has 5 aliphatic rings. The number of amides is 4. The van der Waals surface area contributed by atoms with Crippen molar-refractivity contribution in [2.45, 2.75) is 44.4 Å². The van der Waals surface area contributed by atoms with Crippen molar-refractivity contribution in [2.24, 2.45) is 35.5 Å². The average Bonchev–Trinajstić information content (AvgIpc) is 3.79. The predicted octanol–water partition coefficient (Wildman–Crippen LogP) is 5.51. The number of imide groups is 2. The zero-order valence-electron chi connectivity index (χ0n) is 24.1. The molecule has 44 heavy (non-hydrogen) atoms. The van der Waals surface area contributed by atoms with E-state index in [-0.39, 0.29) is 76.4 Å². The fourth-order valence-corrected chi connectivity index (χ4v) is 8.75. The van der Waals surface area contributed by atoms with Crippen LogP contribution in [0.25, 0.3) is 0 Å². The zero-order chi connectivity index (χ0) is 30.1. The van der Waals surface area contributed by atoms with E-state index >= 15 is 0 Å². The van der Waals surface area contributed by atoms with Gasteiger partial charge in [0, 0.05) is 6.07 Å². The second-order valence-electron chi connectivity index (χ2n) is 13.0. The first-order valence-electron chi connectivity index (χ1n) is 15.6. The molecule has 3 aromatic rings. The van der Waals surface area contributed by atoms with Gasteiger partial charge in [0.1, 0.15) is 5.75 Å². The minimum absolute atomic E-state index is 0.154. The minimum atomic E-state index is -0.668. The molecule has 0 spiro atoms. The molecule has 2 aliphatic heterocycles. The largest absolute Gasteiger partial charge is 0.423 e. The van der Waals surface area contributed by atoms with Crippen LogP contribution in [-0.4, -0.2) is 29.6 Å². The Labute approximate surface area is 255 Å². The third-order valence-electron chi connectivity index (χ3n) is 10.8. The van der Waals surface area contributed by atoms with Gasteiger partial charge >= 0.3 is 5.97 Å². The summed E-state index contributed by atoms with van der Waals surface area (Å²) in [5, 5.41) is 0. The Bertz CT molecular complexity index is 1690. The minimum Gasteiger partial charge on any atom is -0.423 e. The number of ether oxygens (including phenoxy) is 1. The first-order valence-corrected chi connectivity index (χ1v) is 15.6. The molecule has 8 heteroatoms. The first kappa shape index (κ1) is 27.0. The molecule has 0 radical (unpaired) electrons. The molecule has 2 heterocycles. The molecule has 0 unspecified atom stereocenters. The van der Waals surface area contributed by atoms with Gasteiger partial charge in [-0.3, -0.25) is 24.1 Å². The molecular formula is C36H32N2O6. The summed E-state index contributed by atoms with van der Waals surface area (Å²) < 4.78 is 5.67. The van der Waals surface area contributed by atoms with Gasteiger partial charge in [0.2, 0.25) is 23.6 Å². The van der Waals surface area contributed by atoms with Crippen molar-refractivity contribution in [1.29, 1.82) is 0 Å². The number of carbonyl (C=O) groups excluding carboxylic acids is 5. The summed E-state index contributed by atoms with van der Waals surface area (Å²) in [6.07, 6.45) is 5.08. The van der Waals surface area contributed by atoms with Crippen LogP contribution in [0, 0.1) is 35.5 Å². The van der Waals surface area contributed by atoms with Crippen molar-refractivity contribution >= 4 is 41.0 Å². The van der Waals surface area contributed by atoms with Crippen molar-refractivity contribution in [1.82, 2.24) is 0 Å². The third kappa shape index (κ3) is 4.14. The zero-order valence-corrected chi connectivity index (χ0v) is 24.1. The van der Waals surface area contributed by atoms with Crippen LogP contribution in [-0.2, 0) is 19.2 Å². The molecule has 8 rings (SSSR count). The molecule has 4 amide bonds. The van der Waals surface area contributed by atoms with Crippen LogP contribution in [0.3, 0.4) is 0 Å². The van der Waals surface area contributed by atoms with E-state index in [0.29, 0.717) is 24.2 Å². The quantitative estimate of drug-likeness (QED) is 0.221. The monoisotopic (exact) mass is 588 g/mol. The van der Waals surface area contributed by atoms with Gasteiger partial charge < -0.3 is 4.74 Å². The number of rotatable bonds is 5. The molecule has 0 aromatic heterocycles. The number of carbonyl (C=O) groups is 5. The summed E-state index contributed by atoms with van der Waals surface area (Å²) in [7, 11) is 0. The maximum absolute atomic E-state index is 13.6. The van der Waals surface area contributed by atoms with Crippen LogP contribution in [0.5, 0.6) is 5.75 Å². The number of fused-ring (bicyclic) bond motifs is 6. The van der Waals surface area contributed by atoms with Crippen LogP contribution in [0.4, 0.5) is 11.4 Å². The predicted molar refractivity (Wildman–Crippen MR) is 161 cm³/mol. The Kier molecular flexibility index (Phi) is 6.29. The van der Waals surface area contributed by atoms with Gasteiger partial charge in [0.15, 0.2) is 0 Å². The van der Waals surface area contributed by atoms with E-state index in [4.69, 9.17) is 4.74 Å². The Morgan fingerprint density at radius 3 is 1.98 bits per heavy atom. The van der Waals surface area contributed by atoms with Crippen molar-refractivity contribution in [3.63, 3.8) is 0 Å².